The molecule has 0 aromatic carbocycles. The molecule has 1 aliphatic heterocycles. The lowest BCUT2D eigenvalue weighted by Gasteiger charge is -2.27. The Bertz CT molecular complexity index is 690. The first kappa shape index (κ1) is 15.4. The molecule has 2 aromatic heterocycles. The monoisotopic (exact) mass is 329 g/mol. The Labute approximate surface area is 141 Å². The summed E-state index contributed by atoms with van der Waals surface area (Å²) in [7, 11) is 0. The number of carbonyl (C=O) groups is 1. The van der Waals surface area contributed by atoms with Crippen molar-refractivity contribution >= 4 is 5.91 Å². The second-order valence-electron chi connectivity index (χ2n) is 6.59. The van der Waals surface area contributed by atoms with Crippen LogP contribution in [0.25, 0.3) is 0 Å². The number of ether oxygens (including phenoxy) is 1. The molecule has 2 fully saturated rings. The molecule has 1 saturated carbocycles. The second-order valence-corrected chi connectivity index (χ2v) is 6.59. The van der Waals surface area contributed by atoms with Gasteiger partial charge in [0.2, 0.25) is 5.91 Å². The van der Waals surface area contributed by atoms with Crippen molar-refractivity contribution in [2.24, 2.45) is 5.92 Å². The molecule has 128 valence electrons. The van der Waals surface area contributed by atoms with Crippen LogP contribution in [0.1, 0.15) is 43.7 Å². The van der Waals surface area contributed by atoms with Gasteiger partial charge < -0.3 is 18.6 Å². The molecule has 0 unspecified atom stereocenters. The van der Waals surface area contributed by atoms with Gasteiger partial charge in [-0.1, -0.05) is 0 Å². The third-order valence-corrected chi connectivity index (χ3v) is 4.96. The highest BCUT2D eigenvalue weighted by molar-refractivity contribution is 5.80. The number of hydrogen-bond acceptors (Lipinski definition) is 4. The summed E-state index contributed by atoms with van der Waals surface area (Å²) in [6.07, 6.45) is 9.80. The quantitative estimate of drug-likeness (QED) is 0.817. The van der Waals surface area contributed by atoms with Crippen LogP contribution in [-0.4, -0.2) is 33.0 Å². The number of aromatic nitrogens is 2. The van der Waals surface area contributed by atoms with E-state index in [0.29, 0.717) is 19.2 Å². The first-order valence-electron chi connectivity index (χ1n) is 8.72. The van der Waals surface area contributed by atoms with Crippen LogP contribution in [0.5, 0.6) is 0 Å². The van der Waals surface area contributed by atoms with Crippen LogP contribution in [-0.2, 0) is 22.6 Å². The second kappa shape index (κ2) is 6.43. The summed E-state index contributed by atoms with van der Waals surface area (Å²) in [5.74, 6) is 0.907. The minimum atomic E-state index is -0.238. The van der Waals surface area contributed by atoms with Crippen LogP contribution in [0.2, 0.25) is 0 Å². The van der Waals surface area contributed by atoms with Gasteiger partial charge in [0, 0.05) is 43.7 Å². The summed E-state index contributed by atoms with van der Waals surface area (Å²) < 4.78 is 13.1. The van der Waals surface area contributed by atoms with Gasteiger partial charge in [0.15, 0.2) is 0 Å². The van der Waals surface area contributed by atoms with E-state index in [4.69, 9.17) is 9.15 Å². The number of nitrogens with zero attached hydrogens (tertiary/aromatic N) is 3. The van der Waals surface area contributed by atoms with Crippen molar-refractivity contribution in [3.8, 4) is 0 Å². The predicted octanol–water partition coefficient (Wildman–Crippen LogP) is 2.76. The number of amides is 1. The molecule has 2 aliphatic rings. The highest BCUT2D eigenvalue weighted by Gasteiger charge is 2.43. The maximum absolute atomic E-state index is 13.2. The highest BCUT2D eigenvalue weighted by atomic mass is 16.5. The van der Waals surface area contributed by atoms with Gasteiger partial charge in [-0.15, -0.1) is 0 Å². The summed E-state index contributed by atoms with van der Waals surface area (Å²) in [4.78, 5) is 19.7. The van der Waals surface area contributed by atoms with Crippen LogP contribution in [0.15, 0.2) is 35.4 Å². The van der Waals surface area contributed by atoms with E-state index in [-0.39, 0.29) is 17.9 Å². The maximum Gasteiger partial charge on any atom is 0.229 e. The Balaban J connectivity index is 1.55. The standard InChI is InChI=1S/C18H23N3O3/c1-2-20-8-7-19-17(20)16-15(6-10-24-16)18(22)21(14-3-4-14)11-13-5-9-23-12-13/h5,7-9,12,14-16H,2-4,6,10-11H2,1H3/t15-,16-/m1/s1. The van der Waals surface area contributed by atoms with E-state index < -0.39 is 0 Å². The number of furan rings is 1. The van der Waals surface area contributed by atoms with Gasteiger partial charge in [0.1, 0.15) is 11.9 Å². The average Bonchev–Trinajstić information content (AvgIpc) is 3.02. The van der Waals surface area contributed by atoms with E-state index in [1.54, 1.807) is 18.7 Å². The van der Waals surface area contributed by atoms with Crippen LogP contribution < -0.4 is 0 Å². The summed E-state index contributed by atoms with van der Waals surface area (Å²) in [6.45, 7) is 4.14. The van der Waals surface area contributed by atoms with Crippen LogP contribution in [0.4, 0.5) is 0 Å². The van der Waals surface area contributed by atoms with Crippen LogP contribution in [0, 0.1) is 5.92 Å². The van der Waals surface area contributed by atoms with E-state index >= 15 is 0 Å². The lowest BCUT2D eigenvalue weighted by atomic mass is 9.98. The van der Waals surface area contributed by atoms with E-state index in [9.17, 15) is 4.79 Å². The Morgan fingerprint density at radius 2 is 2.29 bits per heavy atom. The van der Waals surface area contributed by atoms with Crippen molar-refractivity contribution in [3.05, 3.63) is 42.4 Å². The SMILES string of the molecule is CCn1ccnc1[C@@H]1OCC[C@H]1C(=O)N(Cc1ccoc1)C1CC1. The fraction of sp³-hybridized carbons (Fsp3) is 0.556. The summed E-state index contributed by atoms with van der Waals surface area (Å²) in [6, 6.07) is 2.29. The molecule has 24 heavy (non-hydrogen) atoms. The van der Waals surface area contributed by atoms with E-state index in [1.807, 2.05) is 17.2 Å². The zero-order valence-electron chi connectivity index (χ0n) is 13.9. The number of aryl methyl sites for hydroxylation is 1. The Hall–Kier alpha value is -2.08. The molecular formula is C18H23N3O3. The zero-order valence-corrected chi connectivity index (χ0v) is 13.9. The minimum absolute atomic E-state index is 0.148. The van der Waals surface area contributed by atoms with Gasteiger partial charge in [0.25, 0.3) is 0 Å². The third kappa shape index (κ3) is 2.86. The molecule has 1 amide bonds. The van der Waals surface area contributed by atoms with Crippen molar-refractivity contribution < 1.29 is 13.9 Å². The van der Waals surface area contributed by atoms with Crippen LogP contribution in [0.3, 0.4) is 0 Å². The Kier molecular flexibility index (Phi) is 4.14. The van der Waals surface area contributed by atoms with Gasteiger partial charge in [-0.25, -0.2) is 4.98 Å². The minimum Gasteiger partial charge on any atom is -0.472 e. The lowest BCUT2D eigenvalue weighted by Crippen LogP contribution is -2.38. The Morgan fingerprint density at radius 3 is 3.00 bits per heavy atom. The molecule has 2 atom stereocenters. The first-order valence-corrected chi connectivity index (χ1v) is 8.72. The summed E-state index contributed by atoms with van der Waals surface area (Å²) >= 11 is 0. The molecule has 0 bridgehead atoms. The maximum atomic E-state index is 13.2. The molecule has 6 nitrogen and oxygen atoms in total. The zero-order chi connectivity index (χ0) is 16.5. The van der Waals surface area contributed by atoms with Crippen molar-refractivity contribution in [1.29, 1.82) is 0 Å². The molecule has 1 saturated heterocycles. The number of rotatable bonds is 6. The molecule has 4 rings (SSSR count). The number of hydrogen-bond donors (Lipinski definition) is 0. The first-order chi connectivity index (χ1) is 11.8. The van der Waals surface area contributed by atoms with E-state index in [1.165, 1.54) is 0 Å². The predicted molar refractivity (Wildman–Crippen MR) is 87.0 cm³/mol. The third-order valence-electron chi connectivity index (χ3n) is 4.96. The molecule has 3 heterocycles. The van der Waals surface area contributed by atoms with Crippen LogP contribution >= 0.6 is 0 Å². The molecule has 2 aromatic rings. The fourth-order valence-corrected chi connectivity index (χ4v) is 3.51. The van der Waals surface area contributed by atoms with Crippen molar-refractivity contribution in [1.82, 2.24) is 14.5 Å². The number of carbonyl (C=O) groups excluding carboxylic acids is 1. The van der Waals surface area contributed by atoms with Gasteiger partial charge in [0.05, 0.1) is 18.4 Å². The average molecular weight is 329 g/mol. The van der Waals surface area contributed by atoms with Crippen molar-refractivity contribution in [2.75, 3.05) is 6.61 Å². The van der Waals surface area contributed by atoms with Gasteiger partial charge in [-0.2, -0.15) is 0 Å². The summed E-state index contributed by atoms with van der Waals surface area (Å²) in [5, 5.41) is 0. The highest BCUT2D eigenvalue weighted by Crippen LogP contribution is 2.38. The largest absolute Gasteiger partial charge is 0.472 e. The van der Waals surface area contributed by atoms with Gasteiger partial charge in [-0.05, 0) is 32.3 Å². The molecule has 1 aliphatic carbocycles. The van der Waals surface area contributed by atoms with Gasteiger partial charge >= 0.3 is 0 Å². The fourth-order valence-electron chi connectivity index (χ4n) is 3.51. The molecular weight excluding hydrogens is 306 g/mol. The van der Waals surface area contributed by atoms with E-state index in [2.05, 4.69) is 16.5 Å². The van der Waals surface area contributed by atoms with Gasteiger partial charge in [-0.3, -0.25) is 4.79 Å². The number of imidazole rings is 1. The smallest absolute Gasteiger partial charge is 0.229 e. The van der Waals surface area contributed by atoms with E-state index in [0.717, 1.165) is 37.2 Å². The normalized spacial score (nSPS) is 23.5. The van der Waals surface area contributed by atoms with Crippen molar-refractivity contribution in [3.63, 3.8) is 0 Å². The molecule has 0 N–H and O–H groups in total. The summed E-state index contributed by atoms with van der Waals surface area (Å²) in [5.41, 5.74) is 1.04. The topological polar surface area (TPSA) is 60.5 Å². The molecule has 0 spiro atoms. The molecule has 0 radical (unpaired) electrons. The Morgan fingerprint density at radius 1 is 1.42 bits per heavy atom. The lowest BCUT2D eigenvalue weighted by molar-refractivity contribution is -0.139. The van der Waals surface area contributed by atoms with Crippen molar-refractivity contribution in [2.45, 2.75) is 51.4 Å². The molecule has 6 heteroatoms.